The van der Waals surface area contributed by atoms with Gasteiger partial charge < -0.3 is 15.1 Å². The molecule has 0 aliphatic carbocycles. The van der Waals surface area contributed by atoms with Crippen LogP contribution in [-0.2, 0) is 0 Å². The zero-order valence-electron chi connectivity index (χ0n) is 8.27. The van der Waals surface area contributed by atoms with E-state index in [4.69, 9.17) is 5.11 Å². The van der Waals surface area contributed by atoms with Crippen molar-refractivity contribution in [2.45, 2.75) is 0 Å². The van der Waals surface area contributed by atoms with Gasteiger partial charge in [0, 0.05) is 25.0 Å². The van der Waals surface area contributed by atoms with E-state index in [-0.39, 0.29) is 23.0 Å². The Hall–Kier alpha value is -1.23. The Morgan fingerprint density at radius 3 is 2.67 bits per heavy atom. The molecule has 0 radical (unpaired) electrons. The number of carbonyl (C=O) groups excluding carboxylic acids is 1. The average molecular weight is 274 g/mol. The number of carbonyl (C=O) groups is 1. The third kappa shape index (κ3) is 2.86. The minimum Gasteiger partial charge on any atom is -0.508 e. The molecule has 1 amide bonds. The summed E-state index contributed by atoms with van der Waals surface area (Å²) in [5.74, 6) is -0.541. The molecule has 82 valence electrons. The Morgan fingerprint density at radius 1 is 1.47 bits per heavy atom. The minimum atomic E-state index is -0.271. The van der Waals surface area contributed by atoms with Gasteiger partial charge in [-0.05, 0) is 12.1 Å². The smallest absolute Gasteiger partial charge is 0.257 e. The molecule has 1 aromatic carbocycles. The van der Waals surface area contributed by atoms with E-state index in [1.807, 2.05) is 0 Å². The molecule has 0 bridgehead atoms. The number of amides is 1. The van der Waals surface area contributed by atoms with Crippen molar-refractivity contribution >= 4 is 21.8 Å². The second-order valence-corrected chi connectivity index (χ2v) is 3.91. The fourth-order valence-corrected chi connectivity index (χ4v) is 1.67. The lowest BCUT2D eigenvalue weighted by molar-refractivity contribution is 0.0801. The molecule has 4 nitrogen and oxygen atoms in total. The fourth-order valence-electron chi connectivity index (χ4n) is 1.13. The molecule has 15 heavy (non-hydrogen) atoms. The van der Waals surface area contributed by atoms with Crippen molar-refractivity contribution in [2.24, 2.45) is 0 Å². The van der Waals surface area contributed by atoms with E-state index < -0.39 is 0 Å². The van der Waals surface area contributed by atoms with Crippen LogP contribution in [-0.4, -0.2) is 39.9 Å². The van der Waals surface area contributed by atoms with Crippen molar-refractivity contribution < 1.29 is 15.0 Å². The van der Waals surface area contributed by atoms with Crippen LogP contribution in [0.1, 0.15) is 10.4 Å². The minimum absolute atomic E-state index is 0.0628. The largest absolute Gasteiger partial charge is 0.508 e. The topological polar surface area (TPSA) is 60.8 Å². The Morgan fingerprint density at radius 2 is 2.13 bits per heavy atom. The summed E-state index contributed by atoms with van der Waals surface area (Å²) >= 11 is 3.22. The molecule has 0 atom stereocenters. The maximum atomic E-state index is 11.7. The van der Waals surface area contributed by atoms with Crippen molar-refractivity contribution in [1.82, 2.24) is 4.90 Å². The van der Waals surface area contributed by atoms with Gasteiger partial charge in [-0.15, -0.1) is 0 Å². The van der Waals surface area contributed by atoms with Crippen molar-refractivity contribution in [3.63, 3.8) is 0 Å². The molecular weight excluding hydrogens is 262 g/mol. The molecule has 0 aromatic heterocycles. The van der Waals surface area contributed by atoms with Crippen molar-refractivity contribution in [3.8, 4) is 11.5 Å². The summed E-state index contributed by atoms with van der Waals surface area (Å²) in [5.41, 5.74) is 0.191. The highest BCUT2D eigenvalue weighted by atomic mass is 79.9. The van der Waals surface area contributed by atoms with E-state index in [0.717, 1.165) is 6.07 Å². The fraction of sp³-hybridized carbons (Fsp3) is 0.300. The summed E-state index contributed by atoms with van der Waals surface area (Å²) in [6.07, 6.45) is 0. The van der Waals surface area contributed by atoms with Crippen LogP contribution in [0.5, 0.6) is 11.5 Å². The molecule has 0 aliphatic heterocycles. The molecule has 0 heterocycles. The predicted molar refractivity (Wildman–Crippen MR) is 60.5 cm³/mol. The maximum Gasteiger partial charge on any atom is 0.257 e. The summed E-state index contributed by atoms with van der Waals surface area (Å²) in [6, 6.07) is 3.92. The van der Waals surface area contributed by atoms with Gasteiger partial charge in [0.05, 0.1) is 5.56 Å². The summed E-state index contributed by atoms with van der Waals surface area (Å²) < 4.78 is 0. The van der Waals surface area contributed by atoms with Gasteiger partial charge in [-0.1, -0.05) is 15.9 Å². The molecule has 2 N–H and O–H groups in total. The van der Waals surface area contributed by atoms with E-state index >= 15 is 0 Å². The van der Waals surface area contributed by atoms with E-state index in [9.17, 15) is 9.90 Å². The monoisotopic (exact) mass is 273 g/mol. The van der Waals surface area contributed by atoms with Crippen LogP contribution in [0, 0.1) is 0 Å². The lowest BCUT2D eigenvalue weighted by atomic mass is 10.1. The molecule has 0 saturated heterocycles. The normalized spacial score (nSPS) is 10.0. The Kier molecular flexibility index (Phi) is 3.96. The van der Waals surface area contributed by atoms with Crippen LogP contribution in [0.3, 0.4) is 0 Å². The first-order valence-electron chi connectivity index (χ1n) is 4.39. The number of halogens is 1. The van der Waals surface area contributed by atoms with Gasteiger partial charge in [-0.25, -0.2) is 0 Å². The van der Waals surface area contributed by atoms with Gasteiger partial charge in [0.1, 0.15) is 11.5 Å². The third-order valence-corrected chi connectivity index (χ3v) is 2.33. The first kappa shape index (κ1) is 11.8. The zero-order valence-corrected chi connectivity index (χ0v) is 9.86. The van der Waals surface area contributed by atoms with Crippen LogP contribution >= 0.6 is 15.9 Å². The van der Waals surface area contributed by atoms with Crippen LogP contribution in [0.25, 0.3) is 0 Å². The van der Waals surface area contributed by atoms with Gasteiger partial charge in [0.15, 0.2) is 0 Å². The van der Waals surface area contributed by atoms with Gasteiger partial charge in [0.2, 0.25) is 0 Å². The summed E-state index contributed by atoms with van der Waals surface area (Å²) in [6.45, 7) is 0.555. The molecule has 0 unspecified atom stereocenters. The highest BCUT2D eigenvalue weighted by Crippen LogP contribution is 2.23. The van der Waals surface area contributed by atoms with Crippen molar-refractivity contribution in [3.05, 3.63) is 23.8 Å². The van der Waals surface area contributed by atoms with Gasteiger partial charge >= 0.3 is 0 Å². The highest BCUT2D eigenvalue weighted by Gasteiger charge is 2.15. The second kappa shape index (κ2) is 5.02. The lowest BCUT2D eigenvalue weighted by Crippen LogP contribution is -2.28. The van der Waals surface area contributed by atoms with Gasteiger partial charge in [-0.2, -0.15) is 0 Å². The number of aromatic hydroxyl groups is 2. The lowest BCUT2D eigenvalue weighted by Gasteiger charge is -2.16. The first-order valence-corrected chi connectivity index (χ1v) is 5.52. The average Bonchev–Trinajstić information content (AvgIpc) is 2.17. The summed E-state index contributed by atoms with van der Waals surface area (Å²) in [5, 5.41) is 19.2. The Balaban J connectivity index is 2.91. The molecule has 0 fully saturated rings. The number of benzene rings is 1. The quantitative estimate of drug-likeness (QED) is 0.822. The van der Waals surface area contributed by atoms with Crippen molar-refractivity contribution in [2.75, 3.05) is 18.9 Å². The molecule has 1 aromatic rings. The molecule has 0 aliphatic rings. The SMILES string of the molecule is CN(CCBr)C(=O)c1ccc(O)cc1O. The third-order valence-electron chi connectivity index (χ3n) is 1.98. The number of rotatable bonds is 3. The number of alkyl halides is 1. The standard InChI is InChI=1S/C10H12BrNO3/c1-12(5-4-11)10(15)8-3-2-7(13)6-9(8)14/h2-3,6,13-14H,4-5H2,1H3. The van der Waals surface area contributed by atoms with Gasteiger partial charge in [-0.3, -0.25) is 4.79 Å². The molecule has 1 rings (SSSR count). The maximum absolute atomic E-state index is 11.7. The highest BCUT2D eigenvalue weighted by molar-refractivity contribution is 9.09. The van der Waals surface area contributed by atoms with Crippen LogP contribution in [0.2, 0.25) is 0 Å². The number of hydrogen-bond acceptors (Lipinski definition) is 3. The number of hydrogen-bond donors (Lipinski definition) is 2. The van der Waals surface area contributed by atoms with E-state index in [0.29, 0.717) is 11.9 Å². The molecule has 0 spiro atoms. The Bertz CT molecular complexity index is 368. The van der Waals surface area contributed by atoms with E-state index in [2.05, 4.69) is 15.9 Å². The molecular formula is C10H12BrNO3. The molecule has 0 saturated carbocycles. The predicted octanol–water partition coefficient (Wildman–Crippen LogP) is 1.56. The van der Waals surface area contributed by atoms with E-state index in [1.54, 1.807) is 7.05 Å². The molecule has 5 heteroatoms. The Labute approximate surface area is 96.3 Å². The summed E-state index contributed by atoms with van der Waals surface area (Å²) in [4.78, 5) is 13.2. The number of phenols is 2. The van der Waals surface area contributed by atoms with Crippen molar-refractivity contribution in [1.29, 1.82) is 0 Å². The zero-order chi connectivity index (χ0) is 11.4. The van der Waals surface area contributed by atoms with Crippen LogP contribution in [0.4, 0.5) is 0 Å². The number of nitrogens with zero attached hydrogens (tertiary/aromatic N) is 1. The first-order chi connectivity index (χ1) is 7.06. The van der Waals surface area contributed by atoms with Crippen LogP contribution < -0.4 is 0 Å². The summed E-state index contributed by atoms with van der Waals surface area (Å²) in [7, 11) is 1.65. The van der Waals surface area contributed by atoms with Crippen LogP contribution in [0.15, 0.2) is 18.2 Å². The van der Waals surface area contributed by atoms with E-state index in [1.165, 1.54) is 17.0 Å². The second-order valence-electron chi connectivity index (χ2n) is 3.12. The van der Waals surface area contributed by atoms with Gasteiger partial charge in [0.25, 0.3) is 5.91 Å². The number of phenolic OH excluding ortho intramolecular Hbond substituents is 2.